The van der Waals surface area contributed by atoms with E-state index < -0.39 is 0 Å². The molecule has 0 aliphatic carbocycles. The zero-order valence-electron chi connectivity index (χ0n) is 12.9. The average molecular weight is 305 g/mol. The van der Waals surface area contributed by atoms with Gasteiger partial charge in [0.05, 0.1) is 0 Å². The van der Waals surface area contributed by atoms with E-state index in [1.165, 1.54) is 37.4 Å². The summed E-state index contributed by atoms with van der Waals surface area (Å²) in [6.07, 6.45) is 5.23. The van der Waals surface area contributed by atoms with Gasteiger partial charge in [0.15, 0.2) is 10.7 Å². The van der Waals surface area contributed by atoms with Gasteiger partial charge in [-0.05, 0) is 69.2 Å². The second-order valence-corrected chi connectivity index (χ2v) is 7.74. The Labute approximate surface area is 126 Å². The van der Waals surface area contributed by atoms with Gasteiger partial charge < -0.3 is 9.80 Å². The summed E-state index contributed by atoms with van der Waals surface area (Å²) in [4.78, 5) is 11.4. The molecule has 4 nitrogen and oxygen atoms in total. The number of hydrogen-bond acceptors (Lipinski definition) is 6. The number of nitrogens with zero attached hydrogens (tertiary/aromatic N) is 4. The first kappa shape index (κ1) is 17.1. The fourth-order valence-corrected chi connectivity index (χ4v) is 4.40. The highest BCUT2D eigenvalue weighted by Crippen LogP contribution is 2.37. The Hall–Kier alpha value is 0.0900. The van der Waals surface area contributed by atoms with Crippen LogP contribution in [0.3, 0.4) is 0 Å². The van der Waals surface area contributed by atoms with Gasteiger partial charge in [-0.2, -0.15) is 0 Å². The van der Waals surface area contributed by atoms with Gasteiger partial charge in [-0.15, -0.1) is 0 Å². The lowest BCUT2D eigenvalue weighted by molar-refractivity contribution is 0.382. The molecule has 112 valence electrons. The number of unbranched alkanes of at least 4 members (excludes halogenated alkanes) is 3. The lowest BCUT2D eigenvalue weighted by Gasteiger charge is -2.17. The van der Waals surface area contributed by atoms with Crippen LogP contribution in [-0.4, -0.2) is 73.7 Å². The van der Waals surface area contributed by atoms with Crippen LogP contribution in [0.5, 0.6) is 0 Å². The summed E-state index contributed by atoms with van der Waals surface area (Å²) in [6.45, 7) is 2.33. The third kappa shape index (κ3) is 6.88. The van der Waals surface area contributed by atoms with Crippen molar-refractivity contribution in [1.29, 1.82) is 0 Å². The summed E-state index contributed by atoms with van der Waals surface area (Å²) < 4.78 is 0. The van der Waals surface area contributed by atoms with Crippen LogP contribution in [0.2, 0.25) is 0 Å². The first-order valence-corrected chi connectivity index (χ1v) is 9.15. The van der Waals surface area contributed by atoms with Gasteiger partial charge in [-0.25, -0.2) is 4.99 Å². The second kappa shape index (κ2) is 9.10. The van der Waals surface area contributed by atoms with Gasteiger partial charge in [-0.1, -0.05) is 12.8 Å². The van der Waals surface area contributed by atoms with Crippen LogP contribution in [-0.2, 0) is 0 Å². The highest BCUT2D eigenvalue weighted by molar-refractivity contribution is 8.82. The largest absolute Gasteiger partial charge is 0.354 e. The normalized spacial score (nSPS) is 19.3. The molecular formula is C13H28N4S2. The standard InChI is InChI=1S/C13H28N4S2/c1-15(2)10-8-6-7-9-11-17(5)13-14-12(16(3)4)18-19-13/h12H,6-11H2,1-5H3. The molecule has 0 saturated carbocycles. The van der Waals surface area contributed by atoms with Crippen molar-refractivity contribution in [2.75, 3.05) is 48.3 Å². The van der Waals surface area contributed by atoms with Gasteiger partial charge in [-0.3, -0.25) is 4.90 Å². The van der Waals surface area contributed by atoms with Gasteiger partial charge in [0.1, 0.15) is 0 Å². The van der Waals surface area contributed by atoms with Crippen molar-refractivity contribution < 1.29 is 0 Å². The molecule has 1 atom stereocenters. The molecule has 1 aliphatic heterocycles. The Morgan fingerprint density at radius 3 is 2.11 bits per heavy atom. The van der Waals surface area contributed by atoms with Crippen LogP contribution in [0.15, 0.2) is 4.99 Å². The Bertz CT molecular complexity index is 282. The van der Waals surface area contributed by atoms with E-state index in [2.05, 4.69) is 49.9 Å². The van der Waals surface area contributed by atoms with Gasteiger partial charge >= 0.3 is 0 Å². The van der Waals surface area contributed by atoms with Gasteiger partial charge in [0.2, 0.25) is 0 Å². The molecule has 0 radical (unpaired) electrons. The van der Waals surface area contributed by atoms with Crippen molar-refractivity contribution in [2.24, 2.45) is 4.99 Å². The van der Waals surface area contributed by atoms with Crippen molar-refractivity contribution in [3.05, 3.63) is 0 Å². The van der Waals surface area contributed by atoms with Crippen LogP contribution in [0.1, 0.15) is 25.7 Å². The maximum atomic E-state index is 4.71. The maximum absolute atomic E-state index is 4.71. The fourth-order valence-electron chi connectivity index (χ4n) is 1.81. The molecule has 0 N–H and O–H groups in total. The Morgan fingerprint density at radius 1 is 0.947 bits per heavy atom. The highest BCUT2D eigenvalue weighted by atomic mass is 33.1. The van der Waals surface area contributed by atoms with Gasteiger partial charge in [0, 0.05) is 13.6 Å². The molecule has 0 amide bonds. The summed E-state index contributed by atoms with van der Waals surface area (Å²) in [5, 5.41) is 1.18. The highest BCUT2D eigenvalue weighted by Gasteiger charge is 2.23. The predicted molar refractivity (Wildman–Crippen MR) is 89.7 cm³/mol. The van der Waals surface area contributed by atoms with Crippen LogP contribution in [0.25, 0.3) is 0 Å². The van der Waals surface area contributed by atoms with Crippen molar-refractivity contribution in [3.63, 3.8) is 0 Å². The molecule has 1 heterocycles. The minimum absolute atomic E-state index is 0.280. The van der Waals surface area contributed by atoms with Crippen molar-refractivity contribution in [2.45, 2.75) is 31.2 Å². The second-order valence-electron chi connectivity index (χ2n) is 5.52. The number of aliphatic imine (C=N–C) groups is 1. The zero-order chi connectivity index (χ0) is 14.3. The summed E-state index contributed by atoms with van der Waals surface area (Å²) in [5.74, 6) is 0. The SMILES string of the molecule is CN(C)CCCCCCN(C)C1=NC(N(C)C)SS1. The molecule has 19 heavy (non-hydrogen) atoms. The molecule has 0 aromatic rings. The van der Waals surface area contributed by atoms with Crippen LogP contribution in [0, 0.1) is 0 Å². The molecule has 0 aromatic carbocycles. The van der Waals surface area contributed by atoms with Crippen molar-refractivity contribution >= 4 is 26.8 Å². The lowest BCUT2D eigenvalue weighted by Crippen LogP contribution is -2.25. The molecule has 6 heteroatoms. The summed E-state index contributed by atoms with van der Waals surface area (Å²) in [7, 11) is 14.2. The fraction of sp³-hybridized carbons (Fsp3) is 0.923. The minimum atomic E-state index is 0.280. The predicted octanol–water partition coefficient (Wildman–Crippen LogP) is 2.64. The molecule has 1 aliphatic rings. The van der Waals surface area contributed by atoms with E-state index in [1.54, 1.807) is 10.8 Å². The summed E-state index contributed by atoms with van der Waals surface area (Å²) >= 11 is 0. The number of hydrogen-bond donors (Lipinski definition) is 0. The zero-order valence-corrected chi connectivity index (χ0v) is 14.6. The van der Waals surface area contributed by atoms with Crippen molar-refractivity contribution in [1.82, 2.24) is 14.7 Å². The third-order valence-corrected chi connectivity index (χ3v) is 5.66. The van der Waals surface area contributed by atoms with E-state index in [0.29, 0.717) is 0 Å². The third-order valence-electron chi connectivity index (χ3n) is 3.05. The monoisotopic (exact) mass is 304 g/mol. The van der Waals surface area contributed by atoms with Crippen LogP contribution < -0.4 is 0 Å². The minimum Gasteiger partial charge on any atom is -0.354 e. The Balaban J connectivity index is 2.11. The summed E-state index contributed by atoms with van der Waals surface area (Å²) in [5.41, 5.74) is 0.280. The molecular weight excluding hydrogens is 276 g/mol. The molecule has 0 saturated heterocycles. The number of rotatable bonds is 8. The Kier molecular flexibility index (Phi) is 8.21. The lowest BCUT2D eigenvalue weighted by atomic mass is 10.2. The van der Waals surface area contributed by atoms with E-state index in [-0.39, 0.29) is 5.50 Å². The van der Waals surface area contributed by atoms with Crippen LogP contribution >= 0.6 is 21.6 Å². The molecule has 0 fully saturated rings. The summed E-state index contributed by atoms with van der Waals surface area (Å²) in [6, 6.07) is 0. The van der Waals surface area contributed by atoms with E-state index in [1.807, 2.05) is 10.8 Å². The molecule has 0 aromatic heterocycles. The van der Waals surface area contributed by atoms with E-state index in [9.17, 15) is 0 Å². The topological polar surface area (TPSA) is 22.1 Å². The van der Waals surface area contributed by atoms with E-state index in [0.717, 1.165) is 6.54 Å². The van der Waals surface area contributed by atoms with Crippen LogP contribution in [0.4, 0.5) is 0 Å². The van der Waals surface area contributed by atoms with Crippen molar-refractivity contribution in [3.8, 4) is 0 Å². The van der Waals surface area contributed by atoms with E-state index in [4.69, 9.17) is 4.99 Å². The first-order chi connectivity index (χ1) is 9.00. The van der Waals surface area contributed by atoms with Gasteiger partial charge in [0.25, 0.3) is 0 Å². The smallest absolute Gasteiger partial charge is 0.172 e. The van der Waals surface area contributed by atoms with E-state index >= 15 is 0 Å². The quantitative estimate of drug-likeness (QED) is 0.506. The maximum Gasteiger partial charge on any atom is 0.172 e. The Morgan fingerprint density at radius 2 is 1.58 bits per heavy atom. The number of amidine groups is 1. The molecule has 0 bridgehead atoms. The molecule has 0 spiro atoms. The molecule has 1 rings (SSSR count). The molecule has 1 unspecified atom stereocenters. The average Bonchev–Trinajstić information content (AvgIpc) is 2.82. The first-order valence-electron chi connectivity index (χ1n) is 6.94.